The van der Waals surface area contributed by atoms with Gasteiger partial charge in [-0.2, -0.15) is 0 Å². The zero-order valence-corrected chi connectivity index (χ0v) is 6.72. The van der Waals surface area contributed by atoms with E-state index < -0.39 is 0 Å². The van der Waals surface area contributed by atoms with Crippen molar-refractivity contribution in [3.63, 3.8) is 0 Å². The summed E-state index contributed by atoms with van der Waals surface area (Å²) in [6.45, 7) is 2.72. The molecular formula is C7H14O3. The van der Waals surface area contributed by atoms with Crippen LogP contribution < -0.4 is 0 Å². The topological polar surface area (TPSA) is 27.7 Å². The molecule has 1 fully saturated rings. The van der Waals surface area contributed by atoms with Crippen LogP contribution in [0.2, 0.25) is 0 Å². The molecule has 10 heavy (non-hydrogen) atoms. The Labute approximate surface area is 61.3 Å². The first-order chi connectivity index (χ1) is 4.79. The van der Waals surface area contributed by atoms with E-state index in [0.717, 1.165) is 6.42 Å². The normalized spacial score (nSPS) is 39.3. The third-order valence-corrected chi connectivity index (χ3v) is 2.13. The molecule has 0 saturated carbocycles. The summed E-state index contributed by atoms with van der Waals surface area (Å²) in [7, 11) is 3.32. The van der Waals surface area contributed by atoms with Gasteiger partial charge in [0.05, 0.1) is 6.61 Å². The highest BCUT2D eigenvalue weighted by molar-refractivity contribution is 4.90. The minimum atomic E-state index is -0.172. The van der Waals surface area contributed by atoms with Crippen molar-refractivity contribution in [2.24, 2.45) is 0 Å². The molecule has 1 aliphatic heterocycles. The SMILES string of the molecule is CCC1(OC)COC1OC. The molecule has 0 aliphatic carbocycles. The number of hydrogen-bond acceptors (Lipinski definition) is 3. The Morgan fingerprint density at radius 2 is 2.30 bits per heavy atom. The minimum Gasteiger partial charge on any atom is -0.371 e. The molecular weight excluding hydrogens is 132 g/mol. The smallest absolute Gasteiger partial charge is 0.188 e. The maximum absolute atomic E-state index is 5.28. The largest absolute Gasteiger partial charge is 0.371 e. The van der Waals surface area contributed by atoms with Crippen molar-refractivity contribution in [2.45, 2.75) is 25.2 Å². The van der Waals surface area contributed by atoms with Gasteiger partial charge >= 0.3 is 0 Å². The van der Waals surface area contributed by atoms with Gasteiger partial charge in [-0.15, -0.1) is 0 Å². The van der Waals surface area contributed by atoms with Crippen LogP contribution in [0.4, 0.5) is 0 Å². The Hall–Kier alpha value is -0.120. The zero-order chi connectivity index (χ0) is 7.61. The zero-order valence-electron chi connectivity index (χ0n) is 6.72. The fourth-order valence-electron chi connectivity index (χ4n) is 1.19. The molecule has 0 aromatic carbocycles. The first-order valence-electron chi connectivity index (χ1n) is 3.48. The second-order valence-corrected chi connectivity index (χ2v) is 2.50. The van der Waals surface area contributed by atoms with Crippen molar-refractivity contribution >= 4 is 0 Å². The lowest BCUT2D eigenvalue weighted by Gasteiger charge is -2.45. The summed E-state index contributed by atoms with van der Waals surface area (Å²) in [5.41, 5.74) is -0.172. The first kappa shape index (κ1) is 7.98. The quantitative estimate of drug-likeness (QED) is 0.589. The summed E-state index contributed by atoms with van der Waals surface area (Å²) >= 11 is 0. The van der Waals surface area contributed by atoms with Crippen LogP contribution in [0.15, 0.2) is 0 Å². The Morgan fingerprint density at radius 1 is 1.60 bits per heavy atom. The van der Waals surface area contributed by atoms with Gasteiger partial charge in [-0.25, -0.2) is 0 Å². The molecule has 2 atom stereocenters. The van der Waals surface area contributed by atoms with E-state index in [0.29, 0.717) is 6.61 Å². The van der Waals surface area contributed by atoms with Crippen LogP contribution in [0.25, 0.3) is 0 Å². The van der Waals surface area contributed by atoms with E-state index in [1.54, 1.807) is 14.2 Å². The van der Waals surface area contributed by atoms with Crippen molar-refractivity contribution in [3.05, 3.63) is 0 Å². The van der Waals surface area contributed by atoms with Crippen LogP contribution in [-0.4, -0.2) is 32.7 Å². The summed E-state index contributed by atoms with van der Waals surface area (Å²) in [5, 5.41) is 0. The maximum Gasteiger partial charge on any atom is 0.188 e. The summed E-state index contributed by atoms with van der Waals surface area (Å²) in [5.74, 6) is 0. The molecule has 1 saturated heterocycles. The number of rotatable bonds is 3. The predicted octanol–water partition coefficient (Wildman–Crippen LogP) is 0.784. The van der Waals surface area contributed by atoms with Crippen LogP contribution in [0.3, 0.4) is 0 Å². The van der Waals surface area contributed by atoms with E-state index in [9.17, 15) is 0 Å². The second kappa shape index (κ2) is 2.86. The van der Waals surface area contributed by atoms with Gasteiger partial charge in [-0.05, 0) is 6.42 Å². The van der Waals surface area contributed by atoms with E-state index in [1.807, 2.05) is 0 Å². The molecule has 60 valence electrons. The third kappa shape index (κ3) is 0.944. The summed E-state index contributed by atoms with van der Waals surface area (Å²) in [6.07, 6.45) is 0.768. The van der Waals surface area contributed by atoms with E-state index in [-0.39, 0.29) is 11.9 Å². The highest BCUT2D eigenvalue weighted by Gasteiger charge is 2.48. The lowest BCUT2D eigenvalue weighted by Crippen LogP contribution is -2.59. The van der Waals surface area contributed by atoms with Crippen molar-refractivity contribution in [1.82, 2.24) is 0 Å². The standard InChI is InChI=1S/C7H14O3/c1-4-7(9-3)5-10-6(7)8-2/h6H,4-5H2,1-3H3. The van der Waals surface area contributed by atoms with Gasteiger partial charge in [-0.3, -0.25) is 0 Å². The highest BCUT2D eigenvalue weighted by atomic mass is 16.7. The third-order valence-electron chi connectivity index (χ3n) is 2.13. The molecule has 2 unspecified atom stereocenters. The molecule has 0 bridgehead atoms. The van der Waals surface area contributed by atoms with Gasteiger partial charge in [0.1, 0.15) is 5.60 Å². The van der Waals surface area contributed by atoms with E-state index in [1.165, 1.54) is 0 Å². The fraction of sp³-hybridized carbons (Fsp3) is 1.00. The molecule has 0 N–H and O–H groups in total. The fourth-order valence-corrected chi connectivity index (χ4v) is 1.19. The summed E-state index contributed by atoms with van der Waals surface area (Å²) in [4.78, 5) is 0. The molecule has 0 aromatic rings. The Bertz CT molecular complexity index is 102. The van der Waals surface area contributed by atoms with Gasteiger partial charge in [0, 0.05) is 14.2 Å². The molecule has 1 rings (SSSR count). The van der Waals surface area contributed by atoms with Crippen molar-refractivity contribution in [3.8, 4) is 0 Å². The van der Waals surface area contributed by atoms with Crippen LogP contribution >= 0.6 is 0 Å². The Balaban J connectivity index is 2.48. The van der Waals surface area contributed by atoms with Crippen molar-refractivity contribution < 1.29 is 14.2 Å². The second-order valence-electron chi connectivity index (χ2n) is 2.50. The lowest BCUT2D eigenvalue weighted by atomic mass is 9.96. The number of ether oxygens (including phenoxy) is 3. The predicted molar refractivity (Wildman–Crippen MR) is 36.8 cm³/mol. The molecule has 0 spiro atoms. The monoisotopic (exact) mass is 146 g/mol. The van der Waals surface area contributed by atoms with Crippen LogP contribution in [0.1, 0.15) is 13.3 Å². The Kier molecular flexibility index (Phi) is 2.28. The van der Waals surface area contributed by atoms with Crippen LogP contribution in [-0.2, 0) is 14.2 Å². The Morgan fingerprint density at radius 3 is 2.40 bits per heavy atom. The van der Waals surface area contributed by atoms with Gasteiger partial charge in [0.2, 0.25) is 0 Å². The molecule has 0 amide bonds. The first-order valence-corrected chi connectivity index (χ1v) is 3.48. The number of hydrogen-bond donors (Lipinski definition) is 0. The molecule has 0 aromatic heterocycles. The van der Waals surface area contributed by atoms with E-state index in [2.05, 4.69) is 6.92 Å². The van der Waals surface area contributed by atoms with Crippen molar-refractivity contribution in [1.29, 1.82) is 0 Å². The molecule has 1 aliphatic rings. The average Bonchev–Trinajstić information content (AvgIpc) is 1.90. The van der Waals surface area contributed by atoms with E-state index >= 15 is 0 Å². The van der Waals surface area contributed by atoms with Gasteiger partial charge in [-0.1, -0.05) is 6.92 Å². The molecule has 3 heteroatoms. The molecule has 1 heterocycles. The van der Waals surface area contributed by atoms with Gasteiger partial charge in [0.25, 0.3) is 0 Å². The van der Waals surface area contributed by atoms with E-state index in [4.69, 9.17) is 14.2 Å². The van der Waals surface area contributed by atoms with Crippen LogP contribution in [0.5, 0.6) is 0 Å². The van der Waals surface area contributed by atoms with Crippen molar-refractivity contribution in [2.75, 3.05) is 20.8 Å². The molecule has 3 nitrogen and oxygen atoms in total. The average molecular weight is 146 g/mol. The minimum absolute atomic E-state index is 0.164. The molecule has 0 radical (unpaired) electrons. The summed E-state index contributed by atoms with van der Waals surface area (Å²) in [6, 6.07) is 0. The lowest BCUT2D eigenvalue weighted by molar-refractivity contribution is -0.337. The van der Waals surface area contributed by atoms with Crippen LogP contribution in [0, 0.1) is 0 Å². The highest BCUT2D eigenvalue weighted by Crippen LogP contribution is 2.32. The van der Waals surface area contributed by atoms with Gasteiger partial charge in [0.15, 0.2) is 6.29 Å². The maximum atomic E-state index is 5.28. The number of methoxy groups -OCH3 is 2. The van der Waals surface area contributed by atoms with Gasteiger partial charge < -0.3 is 14.2 Å². The summed E-state index contributed by atoms with van der Waals surface area (Å²) < 4.78 is 15.4.